The summed E-state index contributed by atoms with van der Waals surface area (Å²) in [7, 11) is -1.02. The summed E-state index contributed by atoms with van der Waals surface area (Å²) in [6.45, 7) is 6.40. The van der Waals surface area contributed by atoms with Gasteiger partial charge in [0.05, 0.1) is 28.6 Å². The Morgan fingerprint density at radius 1 is 1.02 bits per heavy atom. The second-order valence-corrected chi connectivity index (χ2v) is 13.6. The molecule has 0 aromatic heterocycles. The Bertz CT molecular complexity index is 1690. The fourth-order valence-electron chi connectivity index (χ4n) is 7.65. The number of para-hydroxylation sites is 1. The number of amides is 2. The molecule has 3 aliphatic rings. The lowest BCUT2D eigenvalue weighted by Gasteiger charge is -2.44. The molecule has 2 saturated heterocycles. The number of phenolic OH excluding ortho intramolecular Hbond substituents is 1. The number of imide groups is 1. The summed E-state index contributed by atoms with van der Waals surface area (Å²) in [5, 5.41) is 24.6. The Balaban J connectivity index is 1.25. The molecule has 2 aliphatic heterocycles. The number of benzene rings is 3. The number of nitrogens with one attached hydrogen (secondary N) is 1. The van der Waals surface area contributed by atoms with Crippen molar-refractivity contribution in [2.75, 3.05) is 10.2 Å². The number of allylic oxidation sites excluding steroid dienone is 2. The van der Waals surface area contributed by atoms with E-state index in [1.807, 2.05) is 60.7 Å². The van der Waals surface area contributed by atoms with Gasteiger partial charge in [-0.3, -0.25) is 14.5 Å². The van der Waals surface area contributed by atoms with Gasteiger partial charge in [0.2, 0.25) is 11.8 Å². The molecule has 7 nitrogen and oxygen atoms in total. The highest BCUT2D eigenvalue weighted by Crippen LogP contribution is 2.52. The highest BCUT2D eigenvalue weighted by atomic mass is 35.5. The normalized spacial score (nSPS) is 23.0. The summed E-state index contributed by atoms with van der Waals surface area (Å²) in [6.07, 6.45) is 5.71. The van der Waals surface area contributed by atoms with E-state index in [1.54, 1.807) is 12.1 Å². The molecule has 0 bridgehead atoms. The van der Waals surface area contributed by atoms with Crippen molar-refractivity contribution in [3.8, 4) is 5.75 Å². The highest BCUT2D eigenvalue weighted by molar-refractivity contribution is 6.43. The van der Waals surface area contributed by atoms with Crippen LogP contribution in [0.5, 0.6) is 5.75 Å². The SMILES string of the molecule is CCC/C(=C\c1ccc(O)cc1Cl)CC[C@H]1OB(O)C[C@H]2C1=C(C(C)C)C[C@H]1C(=O)N(c3ccc(Nc4ccccc4)cc3)C(=O)[C@H]12. The van der Waals surface area contributed by atoms with Gasteiger partial charge < -0.3 is 20.1 Å². The van der Waals surface area contributed by atoms with Gasteiger partial charge in [-0.05, 0) is 110 Å². The van der Waals surface area contributed by atoms with Crippen LogP contribution in [0, 0.1) is 23.7 Å². The van der Waals surface area contributed by atoms with Crippen molar-refractivity contribution in [3.05, 3.63) is 100 Å². The summed E-state index contributed by atoms with van der Waals surface area (Å²) in [4.78, 5) is 29.5. The lowest BCUT2D eigenvalue weighted by atomic mass is 9.57. The molecule has 3 N–H and O–H groups in total. The fourth-order valence-corrected chi connectivity index (χ4v) is 7.88. The summed E-state index contributed by atoms with van der Waals surface area (Å²) >= 11 is 6.42. The van der Waals surface area contributed by atoms with Gasteiger partial charge in [0.15, 0.2) is 0 Å². The monoisotopic (exact) mass is 652 g/mol. The molecule has 6 rings (SSSR count). The zero-order chi connectivity index (χ0) is 33.2. The van der Waals surface area contributed by atoms with Crippen LogP contribution in [-0.2, 0) is 14.2 Å². The van der Waals surface area contributed by atoms with Crippen molar-refractivity contribution < 1.29 is 24.4 Å². The maximum absolute atomic E-state index is 14.2. The van der Waals surface area contributed by atoms with E-state index in [4.69, 9.17) is 16.3 Å². The molecule has 0 saturated carbocycles. The van der Waals surface area contributed by atoms with E-state index in [0.29, 0.717) is 23.6 Å². The van der Waals surface area contributed by atoms with Crippen molar-refractivity contribution in [3.63, 3.8) is 0 Å². The first kappa shape index (κ1) is 33.1. The standard InChI is InChI=1S/C38H42BClN2O5/c1-4-8-24(19-25-12-17-29(43)20-33(25)40)11-18-34-35-30(23(2)3)21-31-36(32(35)22-39(46)47-34)38(45)42(37(31)44)28-15-13-27(14-16-28)41-26-9-6-5-7-10-26/h5-7,9-10,12-17,19-20,23,31-32,34,36,41,43,46H,4,8,11,18,21-22H2,1-3H3/b24-19+/t31-,32+,34-,36-/m1/s1. The second kappa shape index (κ2) is 14.1. The summed E-state index contributed by atoms with van der Waals surface area (Å²) in [6, 6.07) is 22.2. The molecule has 2 amide bonds. The lowest BCUT2D eigenvalue weighted by Crippen LogP contribution is -2.46. The van der Waals surface area contributed by atoms with Crippen molar-refractivity contribution in [2.45, 2.75) is 65.3 Å². The van der Waals surface area contributed by atoms with Gasteiger partial charge in [0.25, 0.3) is 0 Å². The number of nitrogens with zero attached hydrogens (tertiary/aromatic N) is 1. The number of hydrogen-bond acceptors (Lipinski definition) is 6. The zero-order valence-corrected chi connectivity index (χ0v) is 27.9. The van der Waals surface area contributed by atoms with Gasteiger partial charge in [-0.25, -0.2) is 0 Å². The topological polar surface area (TPSA) is 99.1 Å². The molecule has 3 aromatic rings. The van der Waals surface area contributed by atoms with Crippen LogP contribution in [0.15, 0.2) is 89.5 Å². The molecule has 3 aromatic carbocycles. The quantitative estimate of drug-likeness (QED) is 0.116. The number of anilines is 3. The highest BCUT2D eigenvalue weighted by Gasteiger charge is 2.57. The average Bonchev–Trinajstić information content (AvgIpc) is 3.30. The van der Waals surface area contributed by atoms with E-state index >= 15 is 0 Å². The number of rotatable bonds is 10. The van der Waals surface area contributed by atoms with Gasteiger partial charge >= 0.3 is 7.12 Å². The van der Waals surface area contributed by atoms with E-state index in [9.17, 15) is 19.7 Å². The van der Waals surface area contributed by atoms with Crippen molar-refractivity contribution in [2.24, 2.45) is 23.7 Å². The molecular weight excluding hydrogens is 611 g/mol. The summed E-state index contributed by atoms with van der Waals surface area (Å²) in [5.74, 6) is -1.35. The van der Waals surface area contributed by atoms with Gasteiger partial charge in [0, 0.05) is 11.4 Å². The van der Waals surface area contributed by atoms with Crippen LogP contribution in [0.2, 0.25) is 11.3 Å². The Hall–Kier alpha value is -3.85. The molecule has 47 heavy (non-hydrogen) atoms. The largest absolute Gasteiger partial charge is 0.508 e. The minimum absolute atomic E-state index is 0.124. The van der Waals surface area contributed by atoms with Crippen molar-refractivity contribution in [1.29, 1.82) is 0 Å². The molecule has 0 unspecified atom stereocenters. The number of fused-ring (bicyclic) bond motifs is 3. The molecule has 0 spiro atoms. The molecule has 9 heteroatoms. The van der Waals surface area contributed by atoms with Crippen LogP contribution in [0.4, 0.5) is 17.1 Å². The Kier molecular flexibility index (Phi) is 9.92. The first-order chi connectivity index (χ1) is 22.6. The number of aromatic hydroxyl groups is 1. The number of halogens is 1. The van der Waals surface area contributed by atoms with Crippen LogP contribution in [-0.4, -0.2) is 35.2 Å². The van der Waals surface area contributed by atoms with E-state index in [1.165, 1.54) is 16.0 Å². The van der Waals surface area contributed by atoms with Gasteiger partial charge in [-0.15, -0.1) is 0 Å². The smallest absolute Gasteiger partial charge is 0.455 e. The summed E-state index contributed by atoms with van der Waals surface area (Å²) < 4.78 is 6.23. The second-order valence-electron chi connectivity index (χ2n) is 13.2. The van der Waals surface area contributed by atoms with E-state index < -0.39 is 19.0 Å². The van der Waals surface area contributed by atoms with Crippen molar-refractivity contribution in [1.82, 2.24) is 0 Å². The van der Waals surface area contributed by atoms with Gasteiger partial charge in [-0.1, -0.05) is 74.2 Å². The maximum atomic E-state index is 14.2. The third-order valence-corrected chi connectivity index (χ3v) is 10.1. The molecule has 2 fully saturated rings. The minimum atomic E-state index is -1.02. The molecule has 0 radical (unpaired) electrons. The predicted octanol–water partition coefficient (Wildman–Crippen LogP) is 8.41. The maximum Gasteiger partial charge on any atom is 0.455 e. The fraction of sp³-hybridized carbons (Fsp3) is 0.368. The Morgan fingerprint density at radius 3 is 2.43 bits per heavy atom. The lowest BCUT2D eigenvalue weighted by molar-refractivity contribution is -0.122. The molecule has 1 aliphatic carbocycles. The van der Waals surface area contributed by atoms with Crippen LogP contribution in [0.1, 0.15) is 58.4 Å². The van der Waals surface area contributed by atoms with Crippen LogP contribution in [0.3, 0.4) is 0 Å². The average molecular weight is 653 g/mol. The predicted molar refractivity (Wildman–Crippen MR) is 188 cm³/mol. The van der Waals surface area contributed by atoms with Crippen LogP contribution < -0.4 is 10.2 Å². The number of phenols is 1. The van der Waals surface area contributed by atoms with Crippen LogP contribution in [0.25, 0.3) is 6.08 Å². The molecular formula is C38H42BClN2O5. The number of hydrogen-bond donors (Lipinski definition) is 3. The van der Waals surface area contributed by atoms with Gasteiger partial charge in [-0.2, -0.15) is 0 Å². The molecule has 2 heterocycles. The molecule has 244 valence electrons. The summed E-state index contributed by atoms with van der Waals surface area (Å²) in [5.41, 5.74) is 6.68. The number of carbonyl (C=O) groups is 2. The third-order valence-electron chi connectivity index (χ3n) is 9.77. The van der Waals surface area contributed by atoms with E-state index in [-0.39, 0.29) is 41.8 Å². The zero-order valence-electron chi connectivity index (χ0n) is 27.2. The number of carbonyl (C=O) groups excluding carboxylic acids is 2. The van der Waals surface area contributed by atoms with Gasteiger partial charge in [0.1, 0.15) is 5.75 Å². The first-order valence-corrected chi connectivity index (χ1v) is 17.1. The third kappa shape index (κ3) is 6.91. The van der Waals surface area contributed by atoms with Crippen LogP contribution >= 0.6 is 11.6 Å². The van der Waals surface area contributed by atoms with Crippen molar-refractivity contribution >= 4 is 53.7 Å². The minimum Gasteiger partial charge on any atom is -0.508 e. The molecule has 4 atom stereocenters. The first-order valence-electron chi connectivity index (χ1n) is 16.7. The Morgan fingerprint density at radius 2 is 1.74 bits per heavy atom. The van der Waals surface area contributed by atoms with E-state index in [0.717, 1.165) is 41.8 Å². The van der Waals surface area contributed by atoms with E-state index in [2.05, 4.69) is 32.2 Å². The Labute approximate surface area is 282 Å².